The topological polar surface area (TPSA) is 63.6 Å². The molecule has 4 rings (SSSR count). The van der Waals surface area contributed by atoms with Crippen LogP contribution in [0.4, 0.5) is 4.39 Å². The highest BCUT2D eigenvalue weighted by Crippen LogP contribution is 2.19. The van der Waals surface area contributed by atoms with Crippen molar-refractivity contribution in [1.82, 2.24) is 19.5 Å². The normalized spacial score (nSPS) is 11.0. The van der Waals surface area contributed by atoms with Crippen molar-refractivity contribution in [3.8, 4) is 11.4 Å². The predicted molar refractivity (Wildman–Crippen MR) is 89.1 cm³/mol. The van der Waals surface area contributed by atoms with Gasteiger partial charge in [-0.2, -0.15) is 0 Å². The van der Waals surface area contributed by atoms with E-state index >= 15 is 0 Å². The van der Waals surface area contributed by atoms with Crippen LogP contribution >= 0.6 is 0 Å². The summed E-state index contributed by atoms with van der Waals surface area (Å²) in [5, 5.41) is 0. The van der Waals surface area contributed by atoms with Gasteiger partial charge in [-0.25, -0.2) is 14.4 Å². The van der Waals surface area contributed by atoms with Crippen LogP contribution in [0.5, 0.6) is 0 Å². The molecule has 0 unspecified atom stereocenters. The van der Waals surface area contributed by atoms with Gasteiger partial charge in [0.25, 0.3) is 5.56 Å². The first-order chi connectivity index (χ1) is 11.7. The van der Waals surface area contributed by atoms with Crippen molar-refractivity contribution in [3.63, 3.8) is 0 Å². The minimum absolute atomic E-state index is 0.176. The fraction of sp³-hybridized carbons (Fsp3) is 0.0556. The summed E-state index contributed by atoms with van der Waals surface area (Å²) in [6, 6.07) is 15.9. The summed E-state index contributed by atoms with van der Waals surface area (Å²) in [5.41, 5.74) is 1.63. The van der Waals surface area contributed by atoms with E-state index in [1.54, 1.807) is 29.1 Å². The van der Waals surface area contributed by atoms with Crippen molar-refractivity contribution in [2.24, 2.45) is 0 Å². The molecule has 6 heteroatoms. The van der Waals surface area contributed by atoms with Crippen LogP contribution in [-0.2, 0) is 6.54 Å². The van der Waals surface area contributed by atoms with E-state index in [1.165, 1.54) is 6.07 Å². The lowest BCUT2D eigenvalue weighted by Gasteiger charge is -2.05. The number of hydrogen-bond donors (Lipinski definition) is 1. The van der Waals surface area contributed by atoms with Gasteiger partial charge in [-0.05, 0) is 17.7 Å². The summed E-state index contributed by atoms with van der Waals surface area (Å²) in [6.07, 6.45) is 1.57. The fourth-order valence-electron chi connectivity index (χ4n) is 2.67. The van der Waals surface area contributed by atoms with E-state index in [0.717, 1.165) is 5.56 Å². The summed E-state index contributed by atoms with van der Waals surface area (Å²) >= 11 is 0. The minimum Gasteiger partial charge on any atom is -0.320 e. The number of halogens is 1. The third kappa shape index (κ3) is 2.48. The first-order valence-corrected chi connectivity index (χ1v) is 7.46. The van der Waals surface area contributed by atoms with Gasteiger partial charge < -0.3 is 9.55 Å². The quantitative estimate of drug-likeness (QED) is 0.631. The van der Waals surface area contributed by atoms with E-state index < -0.39 is 5.82 Å². The molecule has 2 heterocycles. The lowest BCUT2D eigenvalue weighted by atomic mass is 10.2. The molecule has 118 valence electrons. The molecule has 0 spiro atoms. The van der Waals surface area contributed by atoms with Gasteiger partial charge in [-0.3, -0.25) is 4.79 Å². The maximum Gasteiger partial charge on any atom is 0.277 e. The van der Waals surface area contributed by atoms with Crippen molar-refractivity contribution < 1.29 is 4.39 Å². The van der Waals surface area contributed by atoms with Gasteiger partial charge in [0.1, 0.15) is 11.6 Å². The maximum atomic E-state index is 13.9. The highest BCUT2D eigenvalue weighted by atomic mass is 19.1. The van der Waals surface area contributed by atoms with Crippen LogP contribution in [0.25, 0.3) is 22.6 Å². The largest absolute Gasteiger partial charge is 0.320 e. The van der Waals surface area contributed by atoms with Crippen molar-refractivity contribution in [2.75, 3.05) is 0 Å². The lowest BCUT2D eigenvalue weighted by molar-refractivity contribution is 0.630. The first kappa shape index (κ1) is 14.3. The van der Waals surface area contributed by atoms with Crippen LogP contribution in [0, 0.1) is 5.82 Å². The summed E-state index contributed by atoms with van der Waals surface area (Å²) in [6.45, 7) is 0.515. The van der Waals surface area contributed by atoms with E-state index in [4.69, 9.17) is 0 Å². The summed E-state index contributed by atoms with van der Waals surface area (Å²) in [5.74, 6) is -0.265. The van der Waals surface area contributed by atoms with Gasteiger partial charge in [0, 0.05) is 6.54 Å². The summed E-state index contributed by atoms with van der Waals surface area (Å²) in [7, 11) is 0. The number of nitrogens with one attached hydrogen (secondary N) is 1. The molecule has 2 aromatic carbocycles. The molecular weight excluding hydrogens is 307 g/mol. The number of H-pyrrole nitrogens is 1. The number of imidazole rings is 1. The Balaban J connectivity index is 1.82. The van der Waals surface area contributed by atoms with Gasteiger partial charge in [0.05, 0.1) is 11.9 Å². The maximum absolute atomic E-state index is 13.9. The molecule has 24 heavy (non-hydrogen) atoms. The van der Waals surface area contributed by atoms with Gasteiger partial charge in [0.2, 0.25) is 0 Å². The Labute approximate surface area is 136 Å². The van der Waals surface area contributed by atoms with E-state index in [-0.39, 0.29) is 16.9 Å². The van der Waals surface area contributed by atoms with E-state index in [1.807, 2.05) is 30.3 Å². The Morgan fingerprint density at radius 1 is 1.04 bits per heavy atom. The Morgan fingerprint density at radius 3 is 2.58 bits per heavy atom. The predicted octanol–water partition coefficient (Wildman–Crippen LogP) is 2.97. The van der Waals surface area contributed by atoms with Crippen LogP contribution in [0.3, 0.4) is 0 Å². The molecule has 2 aromatic heterocycles. The van der Waals surface area contributed by atoms with Crippen molar-refractivity contribution in [1.29, 1.82) is 0 Å². The minimum atomic E-state index is -0.441. The standard InChI is InChI=1S/C18H13FN4O/c19-14-9-5-4-8-13(14)16-21-17-15(18(24)22-16)23(11-20-17)10-12-6-2-1-3-7-12/h1-9,11H,10H2,(H,21,22,24). The molecule has 0 radical (unpaired) electrons. The molecule has 0 bridgehead atoms. The van der Waals surface area contributed by atoms with Crippen molar-refractivity contribution in [2.45, 2.75) is 6.54 Å². The molecule has 0 aliphatic carbocycles. The number of rotatable bonds is 3. The molecule has 0 fully saturated rings. The van der Waals surface area contributed by atoms with Crippen LogP contribution < -0.4 is 5.56 Å². The Morgan fingerprint density at radius 2 is 1.79 bits per heavy atom. The van der Waals surface area contributed by atoms with E-state index in [2.05, 4.69) is 15.0 Å². The van der Waals surface area contributed by atoms with Crippen LogP contribution in [0.2, 0.25) is 0 Å². The zero-order chi connectivity index (χ0) is 16.5. The third-order valence-corrected chi connectivity index (χ3v) is 3.81. The van der Waals surface area contributed by atoms with Gasteiger partial charge in [-0.15, -0.1) is 0 Å². The second kappa shape index (κ2) is 5.73. The Kier molecular flexibility index (Phi) is 3.42. The number of aromatic amines is 1. The zero-order valence-corrected chi connectivity index (χ0v) is 12.6. The molecule has 5 nitrogen and oxygen atoms in total. The molecule has 0 saturated carbocycles. The second-order valence-electron chi connectivity index (χ2n) is 5.42. The van der Waals surface area contributed by atoms with Crippen LogP contribution in [0.1, 0.15) is 5.56 Å². The summed E-state index contributed by atoms with van der Waals surface area (Å²) < 4.78 is 15.6. The number of aromatic nitrogens is 4. The molecule has 0 amide bonds. The fourth-order valence-corrected chi connectivity index (χ4v) is 2.67. The molecule has 4 aromatic rings. The average Bonchev–Trinajstić information content (AvgIpc) is 2.99. The van der Waals surface area contributed by atoms with Crippen molar-refractivity contribution in [3.05, 3.63) is 82.7 Å². The number of fused-ring (bicyclic) bond motifs is 1. The van der Waals surface area contributed by atoms with Crippen LogP contribution in [0.15, 0.2) is 65.7 Å². The number of nitrogens with zero attached hydrogens (tertiary/aromatic N) is 3. The number of benzene rings is 2. The second-order valence-corrected chi connectivity index (χ2v) is 5.42. The van der Waals surface area contributed by atoms with Crippen molar-refractivity contribution >= 4 is 11.2 Å². The van der Waals surface area contributed by atoms with Crippen LogP contribution in [-0.4, -0.2) is 19.5 Å². The average molecular weight is 320 g/mol. The van der Waals surface area contributed by atoms with Gasteiger partial charge in [-0.1, -0.05) is 42.5 Å². The molecule has 1 N–H and O–H groups in total. The molecule has 0 atom stereocenters. The Hall–Kier alpha value is -3.28. The highest BCUT2D eigenvalue weighted by molar-refractivity contribution is 5.72. The highest BCUT2D eigenvalue weighted by Gasteiger charge is 2.13. The van der Waals surface area contributed by atoms with E-state index in [0.29, 0.717) is 17.7 Å². The van der Waals surface area contributed by atoms with Gasteiger partial charge in [0.15, 0.2) is 11.2 Å². The monoisotopic (exact) mass is 320 g/mol. The molecule has 0 saturated heterocycles. The van der Waals surface area contributed by atoms with E-state index in [9.17, 15) is 9.18 Å². The molecular formula is C18H13FN4O. The smallest absolute Gasteiger partial charge is 0.277 e. The van der Waals surface area contributed by atoms with Gasteiger partial charge >= 0.3 is 0 Å². The first-order valence-electron chi connectivity index (χ1n) is 7.46. The Bertz CT molecular complexity index is 1070. The zero-order valence-electron chi connectivity index (χ0n) is 12.6. The lowest BCUT2D eigenvalue weighted by Crippen LogP contribution is -2.14. The summed E-state index contributed by atoms with van der Waals surface area (Å²) in [4.78, 5) is 23.6. The molecule has 0 aliphatic heterocycles. The third-order valence-electron chi connectivity index (χ3n) is 3.81. The SMILES string of the molecule is O=c1[nH]c(-c2ccccc2F)nc2ncn(Cc3ccccc3)c12. The molecule has 0 aliphatic rings. The number of hydrogen-bond acceptors (Lipinski definition) is 3.